The molecule has 0 aliphatic heterocycles. The molecule has 0 unspecified atom stereocenters. The van der Waals surface area contributed by atoms with Crippen LogP contribution in [0.25, 0.3) is 0 Å². The lowest BCUT2D eigenvalue weighted by atomic mass is 10.1. The van der Waals surface area contributed by atoms with Crippen LogP contribution in [-0.4, -0.2) is 21.6 Å². The summed E-state index contributed by atoms with van der Waals surface area (Å²) in [6.45, 7) is 7.33. The Hall–Kier alpha value is -1.11. The van der Waals surface area contributed by atoms with Crippen molar-refractivity contribution in [3.05, 3.63) is 23.8 Å². The second-order valence-corrected chi connectivity index (χ2v) is 7.11. The summed E-state index contributed by atoms with van der Waals surface area (Å²) in [4.78, 5) is 0.232. The summed E-state index contributed by atoms with van der Waals surface area (Å²) in [5.41, 5.74) is 6.35. The zero-order chi connectivity index (χ0) is 15.9. The largest absolute Gasteiger partial charge is 0.494 e. The van der Waals surface area contributed by atoms with Gasteiger partial charge in [0.25, 0.3) is 0 Å². The van der Waals surface area contributed by atoms with Crippen LogP contribution in [0, 0.1) is 5.92 Å². The van der Waals surface area contributed by atoms with Crippen molar-refractivity contribution in [3.63, 3.8) is 0 Å². The van der Waals surface area contributed by atoms with Gasteiger partial charge in [-0.15, -0.1) is 0 Å². The van der Waals surface area contributed by atoms with Gasteiger partial charge in [-0.1, -0.05) is 13.8 Å². The Balaban J connectivity index is 2.78. The fourth-order valence-electron chi connectivity index (χ4n) is 1.98. The van der Waals surface area contributed by atoms with E-state index in [0.29, 0.717) is 30.4 Å². The van der Waals surface area contributed by atoms with E-state index in [9.17, 15) is 8.42 Å². The first-order chi connectivity index (χ1) is 9.90. The van der Waals surface area contributed by atoms with Crippen molar-refractivity contribution in [1.29, 1.82) is 0 Å². The number of ether oxygens (including phenoxy) is 1. The van der Waals surface area contributed by atoms with Crippen LogP contribution in [0.3, 0.4) is 0 Å². The number of nitrogens with one attached hydrogen (secondary N) is 1. The molecule has 0 spiro atoms. The predicted molar refractivity (Wildman–Crippen MR) is 84.8 cm³/mol. The Morgan fingerprint density at radius 2 is 2.05 bits per heavy atom. The molecular formula is C15H26N2O3S. The van der Waals surface area contributed by atoms with Gasteiger partial charge in [0, 0.05) is 18.7 Å². The van der Waals surface area contributed by atoms with Gasteiger partial charge >= 0.3 is 0 Å². The standard InChI is InChI=1S/C15H26N2O3S/c1-4-20-15-8-7-14(10-13(15)11-16)21(18,19)17-9-5-6-12(2)3/h7-8,10,12,17H,4-6,9,11,16H2,1-3H3. The second kappa shape index (κ2) is 8.36. The van der Waals surface area contributed by atoms with Crippen molar-refractivity contribution >= 4 is 10.0 Å². The lowest BCUT2D eigenvalue weighted by molar-refractivity contribution is 0.336. The lowest BCUT2D eigenvalue weighted by Crippen LogP contribution is -2.25. The highest BCUT2D eigenvalue weighted by Crippen LogP contribution is 2.22. The predicted octanol–water partition coefficient (Wildman–Crippen LogP) is 2.26. The number of nitrogens with two attached hydrogens (primary N) is 1. The fraction of sp³-hybridized carbons (Fsp3) is 0.600. The summed E-state index contributed by atoms with van der Waals surface area (Å²) >= 11 is 0. The van der Waals surface area contributed by atoms with Crippen molar-refractivity contribution in [2.45, 2.75) is 45.1 Å². The van der Waals surface area contributed by atoms with Gasteiger partial charge in [0.05, 0.1) is 11.5 Å². The summed E-state index contributed by atoms with van der Waals surface area (Å²) in [5.74, 6) is 1.21. The first-order valence-corrected chi connectivity index (χ1v) is 8.84. The molecular weight excluding hydrogens is 288 g/mol. The van der Waals surface area contributed by atoms with Crippen molar-refractivity contribution in [2.75, 3.05) is 13.2 Å². The molecule has 0 saturated heterocycles. The molecule has 0 bridgehead atoms. The van der Waals surface area contributed by atoms with Gasteiger partial charge in [0.2, 0.25) is 10.0 Å². The number of sulfonamides is 1. The van der Waals surface area contributed by atoms with E-state index in [0.717, 1.165) is 12.8 Å². The van der Waals surface area contributed by atoms with Crippen LogP contribution in [-0.2, 0) is 16.6 Å². The molecule has 6 heteroatoms. The summed E-state index contributed by atoms with van der Waals surface area (Å²) in [7, 11) is -3.48. The Morgan fingerprint density at radius 1 is 1.33 bits per heavy atom. The zero-order valence-corrected chi connectivity index (χ0v) is 13.9. The lowest BCUT2D eigenvalue weighted by Gasteiger charge is -2.12. The smallest absolute Gasteiger partial charge is 0.240 e. The molecule has 0 saturated carbocycles. The van der Waals surface area contributed by atoms with Gasteiger partial charge in [0.1, 0.15) is 5.75 Å². The van der Waals surface area contributed by atoms with Gasteiger partial charge in [-0.3, -0.25) is 0 Å². The first kappa shape index (κ1) is 17.9. The van der Waals surface area contributed by atoms with E-state index in [1.165, 1.54) is 0 Å². The highest BCUT2D eigenvalue weighted by molar-refractivity contribution is 7.89. The number of benzene rings is 1. The van der Waals surface area contributed by atoms with Crippen molar-refractivity contribution in [1.82, 2.24) is 4.72 Å². The molecule has 0 amide bonds. The van der Waals surface area contributed by atoms with Gasteiger partial charge in [-0.25, -0.2) is 13.1 Å². The van der Waals surface area contributed by atoms with E-state index in [-0.39, 0.29) is 11.4 Å². The molecule has 0 radical (unpaired) electrons. The van der Waals surface area contributed by atoms with Crippen LogP contribution in [0.5, 0.6) is 5.75 Å². The van der Waals surface area contributed by atoms with Crippen LogP contribution in [0.2, 0.25) is 0 Å². The van der Waals surface area contributed by atoms with E-state index in [2.05, 4.69) is 18.6 Å². The molecule has 120 valence electrons. The van der Waals surface area contributed by atoms with Crippen LogP contribution in [0.4, 0.5) is 0 Å². The van der Waals surface area contributed by atoms with Crippen molar-refractivity contribution < 1.29 is 13.2 Å². The van der Waals surface area contributed by atoms with Crippen LogP contribution in [0.15, 0.2) is 23.1 Å². The summed E-state index contributed by atoms with van der Waals surface area (Å²) in [6.07, 6.45) is 1.83. The summed E-state index contributed by atoms with van der Waals surface area (Å²) in [6, 6.07) is 4.79. The first-order valence-electron chi connectivity index (χ1n) is 7.36. The normalized spacial score (nSPS) is 11.9. The van der Waals surface area contributed by atoms with Crippen LogP contribution < -0.4 is 15.2 Å². The SMILES string of the molecule is CCOc1ccc(S(=O)(=O)NCCCC(C)C)cc1CN. The maximum absolute atomic E-state index is 12.2. The third-order valence-electron chi connectivity index (χ3n) is 3.11. The minimum Gasteiger partial charge on any atom is -0.494 e. The van der Waals surface area contributed by atoms with Gasteiger partial charge < -0.3 is 10.5 Å². The molecule has 21 heavy (non-hydrogen) atoms. The third-order valence-corrected chi connectivity index (χ3v) is 4.57. The minimum atomic E-state index is -3.48. The summed E-state index contributed by atoms with van der Waals surface area (Å²) < 4.78 is 32.5. The fourth-order valence-corrected chi connectivity index (χ4v) is 3.10. The Morgan fingerprint density at radius 3 is 2.62 bits per heavy atom. The quantitative estimate of drug-likeness (QED) is 0.685. The maximum atomic E-state index is 12.2. The van der Waals surface area contributed by atoms with Gasteiger partial charge in [-0.2, -0.15) is 0 Å². The molecule has 1 rings (SSSR count). The Kier molecular flexibility index (Phi) is 7.14. The zero-order valence-electron chi connectivity index (χ0n) is 13.1. The monoisotopic (exact) mass is 314 g/mol. The number of hydrogen-bond donors (Lipinski definition) is 2. The molecule has 3 N–H and O–H groups in total. The van der Waals surface area contributed by atoms with Crippen LogP contribution in [0.1, 0.15) is 39.2 Å². The van der Waals surface area contributed by atoms with E-state index in [1.54, 1.807) is 18.2 Å². The van der Waals surface area contributed by atoms with E-state index < -0.39 is 10.0 Å². The average Bonchev–Trinajstić information content (AvgIpc) is 2.44. The average molecular weight is 314 g/mol. The Bertz CT molecular complexity index is 542. The highest BCUT2D eigenvalue weighted by Gasteiger charge is 2.15. The Labute approximate surface area is 127 Å². The molecule has 0 aliphatic rings. The molecule has 0 aliphatic carbocycles. The maximum Gasteiger partial charge on any atom is 0.240 e. The van der Waals surface area contributed by atoms with Gasteiger partial charge in [-0.05, 0) is 43.9 Å². The van der Waals surface area contributed by atoms with Crippen molar-refractivity contribution in [2.24, 2.45) is 11.7 Å². The molecule has 5 nitrogen and oxygen atoms in total. The van der Waals surface area contributed by atoms with Gasteiger partial charge in [0.15, 0.2) is 0 Å². The highest BCUT2D eigenvalue weighted by atomic mass is 32.2. The molecule has 1 aromatic rings. The minimum absolute atomic E-state index is 0.232. The van der Waals surface area contributed by atoms with E-state index in [1.807, 2.05) is 6.92 Å². The molecule has 1 aromatic carbocycles. The topological polar surface area (TPSA) is 81.4 Å². The molecule has 0 fully saturated rings. The molecule has 0 heterocycles. The van der Waals surface area contributed by atoms with E-state index >= 15 is 0 Å². The number of rotatable bonds is 9. The van der Waals surface area contributed by atoms with Crippen LogP contribution >= 0.6 is 0 Å². The summed E-state index contributed by atoms with van der Waals surface area (Å²) in [5, 5.41) is 0. The second-order valence-electron chi connectivity index (χ2n) is 5.34. The molecule has 0 aromatic heterocycles. The third kappa shape index (κ3) is 5.65. The molecule has 0 atom stereocenters. The van der Waals surface area contributed by atoms with Crippen molar-refractivity contribution in [3.8, 4) is 5.75 Å². The van der Waals surface area contributed by atoms with E-state index in [4.69, 9.17) is 10.5 Å². The number of hydrogen-bond acceptors (Lipinski definition) is 4.